The summed E-state index contributed by atoms with van der Waals surface area (Å²) >= 11 is 0. The Balaban J connectivity index is 1.70. The Bertz CT molecular complexity index is 992. The van der Waals surface area contributed by atoms with Gasteiger partial charge in [-0.05, 0) is 41.9 Å². The van der Waals surface area contributed by atoms with E-state index in [-0.39, 0.29) is 11.3 Å². The smallest absolute Gasteiger partial charge is 0.136 e. The molecule has 28 heavy (non-hydrogen) atoms. The van der Waals surface area contributed by atoms with Crippen LogP contribution >= 0.6 is 0 Å². The van der Waals surface area contributed by atoms with Gasteiger partial charge in [-0.1, -0.05) is 67.6 Å². The summed E-state index contributed by atoms with van der Waals surface area (Å²) in [5, 5.41) is 4.83. The van der Waals surface area contributed by atoms with Crippen molar-refractivity contribution in [2.24, 2.45) is 11.8 Å². The highest BCUT2D eigenvalue weighted by molar-refractivity contribution is 5.83. The molecule has 1 heterocycles. The maximum absolute atomic E-state index is 12.6. The minimum atomic E-state index is -0.118. The molecule has 0 spiro atoms. The minimum Gasteiger partial charge on any atom is -0.299 e. The quantitative estimate of drug-likeness (QED) is 0.665. The molecule has 3 atom stereocenters. The summed E-state index contributed by atoms with van der Waals surface area (Å²) < 4.78 is 2.21. The van der Waals surface area contributed by atoms with Crippen LogP contribution in [-0.2, 0) is 23.2 Å². The average molecular weight is 370 g/mol. The van der Waals surface area contributed by atoms with E-state index in [0.29, 0.717) is 18.1 Å². The van der Waals surface area contributed by atoms with Gasteiger partial charge in [0, 0.05) is 17.8 Å². The lowest BCUT2D eigenvalue weighted by Crippen LogP contribution is -2.50. The molecule has 0 bridgehead atoms. The van der Waals surface area contributed by atoms with Crippen LogP contribution in [0.25, 0.3) is 0 Å². The lowest BCUT2D eigenvalue weighted by atomic mass is 9.53. The molecular weight excluding hydrogens is 344 g/mol. The highest BCUT2D eigenvalue weighted by Crippen LogP contribution is 2.55. The number of aromatic nitrogens is 2. The summed E-state index contributed by atoms with van der Waals surface area (Å²) in [5.74, 6) is 0.867. The van der Waals surface area contributed by atoms with Crippen molar-refractivity contribution < 1.29 is 4.79 Å². The number of benzene rings is 2. The first-order valence-electron chi connectivity index (χ1n) is 10.4. The predicted molar refractivity (Wildman–Crippen MR) is 110 cm³/mol. The van der Waals surface area contributed by atoms with Gasteiger partial charge in [-0.25, -0.2) is 0 Å². The highest BCUT2D eigenvalue weighted by Gasteiger charge is 2.53. The molecule has 0 saturated heterocycles. The van der Waals surface area contributed by atoms with Gasteiger partial charge < -0.3 is 0 Å². The summed E-state index contributed by atoms with van der Waals surface area (Å²) in [6, 6.07) is 21.4. The zero-order valence-corrected chi connectivity index (χ0v) is 16.3. The molecule has 3 nitrogen and oxygen atoms in total. The fourth-order valence-corrected chi connectivity index (χ4v) is 5.72. The Kier molecular flexibility index (Phi) is 4.19. The Hall–Kier alpha value is -2.68. The normalized spacial score (nSPS) is 26.5. The fourth-order valence-electron chi connectivity index (χ4n) is 5.72. The zero-order chi connectivity index (χ0) is 19.1. The van der Waals surface area contributed by atoms with Crippen molar-refractivity contribution in [1.29, 1.82) is 0 Å². The summed E-state index contributed by atoms with van der Waals surface area (Å²) in [6.07, 6.45) is 5.69. The second-order valence-electron chi connectivity index (χ2n) is 8.40. The molecule has 5 rings (SSSR count). The van der Waals surface area contributed by atoms with E-state index in [4.69, 9.17) is 5.10 Å². The van der Waals surface area contributed by atoms with Crippen molar-refractivity contribution in [2.75, 3.05) is 0 Å². The van der Waals surface area contributed by atoms with Crippen LogP contribution in [0.15, 0.2) is 66.9 Å². The fraction of sp³-hybridized carbons (Fsp3) is 0.360. The van der Waals surface area contributed by atoms with Crippen LogP contribution < -0.4 is 0 Å². The van der Waals surface area contributed by atoms with Gasteiger partial charge in [0.05, 0.1) is 18.4 Å². The number of ketones is 1. The minimum absolute atomic E-state index is 0.0992. The van der Waals surface area contributed by atoms with Crippen LogP contribution in [0.1, 0.15) is 48.6 Å². The predicted octanol–water partition coefficient (Wildman–Crippen LogP) is 4.78. The zero-order valence-electron chi connectivity index (χ0n) is 16.3. The summed E-state index contributed by atoms with van der Waals surface area (Å²) in [4.78, 5) is 12.6. The third-order valence-corrected chi connectivity index (χ3v) is 7.04. The van der Waals surface area contributed by atoms with Crippen molar-refractivity contribution in [3.63, 3.8) is 0 Å². The summed E-state index contributed by atoms with van der Waals surface area (Å²) in [7, 11) is 0. The van der Waals surface area contributed by atoms with Gasteiger partial charge in [0.15, 0.2) is 0 Å². The first-order chi connectivity index (χ1) is 13.7. The first-order valence-corrected chi connectivity index (χ1v) is 10.4. The molecule has 0 radical (unpaired) electrons. The number of aryl methyl sites for hydroxylation is 1. The van der Waals surface area contributed by atoms with Gasteiger partial charge in [0.2, 0.25) is 0 Å². The lowest BCUT2D eigenvalue weighted by molar-refractivity contribution is -0.128. The number of rotatable bonds is 3. The number of carbonyl (C=O) groups is 1. The monoisotopic (exact) mass is 370 g/mol. The van der Waals surface area contributed by atoms with E-state index < -0.39 is 0 Å². The van der Waals surface area contributed by atoms with Crippen molar-refractivity contribution in [3.8, 4) is 0 Å². The topological polar surface area (TPSA) is 34.9 Å². The number of carbonyl (C=O) groups excluding carboxylic acids is 1. The Morgan fingerprint density at radius 1 is 1.04 bits per heavy atom. The van der Waals surface area contributed by atoms with Crippen molar-refractivity contribution in [1.82, 2.24) is 9.78 Å². The number of nitrogens with zero attached hydrogens (tertiary/aromatic N) is 2. The van der Waals surface area contributed by atoms with E-state index in [1.165, 1.54) is 22.4 Å². The maximum Gasteiger partial charge on any atom is 0.136 e. The molecule has 1 fully saturated rings. The molecule has 1 saturated carbocycles. The van der Waals surface area contributed by atoms with E-state index in [1.54, 1.807) is 0 Å². The van der Waals surface area contributed by atoms with Crippen molar-refractivity contribution in [3.05, 3.63) is 89.2 Å². The van der Waals surface area contributed by atoms with Gasteiger partial charge in [-0.2, -0.15) is 5.10 Å². The number of hydrogen-bond acceptors (Lipinski definition) is 2. The van der Waals surface area contributed by atoms with Crippen molar-refractivity contribution in [2.45, 2.75) is 44.6 Å². The van der Waals surface area contributed by atoms with Gasteiger partial charge in [0.1, 0.15) is 5.78 Å². The molecule has 3 heteroatoms. The Labute approximate surface area is 166 Å². The van der Waals surface area contributed by atoms with Crippen molar-refractivity contribution >= 4 is 5.78 Å². The maximum atomic E-state index is 12.6. The standard InChI is InChI=1S/C25H26N2O/c1-18-22-13-12-20-16-26-27(17-19-8-4-2-5-9-19)24(20)25(22,15-14-23(18)28)21-10-6-3-7-11-21/h2-11,16,18,22H,12-15,17H2,1H3/t18-,22-,25+/m0/s1. The van der Waals surface area contributed by atoms with Crippen LogP contribution in [0.2, 0.25) is 0 Å². The molecule has 2 aliphatic carbocycles. The molecule has 2 aromatic carbocycles. The molecule has 0 unspecified atom stereocenters. The van der Waals surface area contributed by atoms with Crippen LogP contribution in [0, 0.1) is 11.8 Å². The summed E-state index contributed by atoms with van der Waals surface area (Å²) in [5.41, 5.74) is 5.19. The molecular formula is C25H26N2O. The largest absolute Gasteiger partial charge is 0.299 e. The summed E-state index contributed by atoms with van der Waals surface area (Å²) in [6.45, 7) is 2.92. The van der Waals surface area contributed by atoms with E-state index >= 15 is 0 Å². The number of Topliss-reactive ketones (excluding diaryl/α,β-unsaturated/α-hetero) is 1. The SMILES string of the molecule is C[C@@H]1C(=O)CC[C@]2(c3ccccc3)c3c(cnn3Cc3ccccc3)CC[C@@H]12. The van der Waals surface area contributed by atoms with Gasteiger partial charge in [-0.3, -0.25) is 9.48 Å². The van der Waals surface area contributed by atoms with Gasteiger partial charge >= 0.3 is 0 Å². The highest BCUT2D eigenvalue weighted by atomic mass is 16.1. The van der Waals surface area contributed by atoms with Gasteiger partial charge in [0.25, 0.3) is 0 Å². The number of fused-ring (bicyclic) bond motifs is 3. The van der Waals surface area contributed by atoms with Crippen LogP contribution in [0.5, 0.6) is 0 Å². The van der Waals surface area contributed by atoms with E-state index in [0.717, 1.165) is 25.8 Å². The molecule has 142 valence electrons. The van der Waals surface area contributed by atoms with E-state index in [1.807, 2.05) is 0 Å². The molecule has 3 aromatic rings. The Morgan fingerprint density at radius 3 is 2.50 bits per heavy atom. The van der Waals surface area contributed by atoms with E-state index in [9.17, 15) is 4.79 Å². The van der Waals surface area contributed by atoms with Crippen LogP contribution in [-0.4, -0.2) is 15.6 Å². The average Bonchev–Trinajstić information content (AvgIpc) is 3.15. The third-order valence-electron chi connectivity index (χ3n) is 7.04. The van der Waals surface area contributed by atoms with Crippen LogP contribution in [0.3, 0.4) is 0 Å². The molecule has 0 amide bonds. The molecule has 0 N–H and O–H groups in total. The molecule has 1 aromatic heterocycles. The number of hydrogen-bond donors (Lipinski definition) is 0. The van der Waals surface area contributed by atoms with E-state index in [2.05, 4.69) is 78.5 Å². The first kappa shape index (κ1) is 17.4. The Morgan fingerprint density at radius 2 is 1.75 bits per heavy atom. The lowest BCUT2D eigenvalue weighted by Gasteiger charge is -2.50. The van der Waals surface area contributed by atoms with Gasteiger partial charge in [-0.15, -0.1) is 0 Å². The van der Waals surface area contributed by atoms with Crippen LogP contribution in [0.4, 0.5) is 0 Å². The molecule has 2 aliphatic rings. The third kappa shape index (κ3) is 2.56. The molecule has 0 aliphatic heterocycles. The second-order valence-corrected chi connectivity index (χ2v) is 8.40. The second kappa shape index (κ2) is 6.73.